The molecule has 33 heavy (non-hydrogen) atoms. The third kappa shape index (κ3) is 5.40. The number of sulfonamides is 1. The van der Waals surface area contributed by atoms with Gasteiger partial charge in [-0.25, -0.2) is 13.2 Å². The van der Waals surface area contributed by atoms with Crippen LogP contribution in [-0.4, -0.2) is 48.5 Å². The molecule has 0 atom stereocenters. The average molecular weight is 474 g/mol. The molecule has 0 amide bonds. The molecule has 3 rings (SSSR count). The number of rotatable bonds is 10. The van der Waals surface area contributed by atoms with Gasteiger partial charge in [-0.1, -0.05) is 37.2 Å². The monoisotopic (exact) mass is 473 g/mol. The van der Waals surface area contributed by atoms with E-state index in [1.165, 1.54) is 16.4 Å². The molecule has 0 saturated carbocycles. The number of nitrogens with zero attached hydrogens (tertiary/aromatic N) is 3. The van der Waals surface area contributed by atoms with Crippen molar-refractivity contribution in [2.45, 2.75) is 39.2 Å². The Kier molecular flexibility index (Phi) is 7.83. The predicted octanol–water partition coefficient (Wildman–Crippen LogP) is 3.83. The van der Waals surface area contributed by atoms with Crippen LogP contribution in [0.1, 0.15) is 42.6 Å². The normalized spacial score (nSPS) is 11.5. The first-order valence-corrected chi connectivity index (χ1v) is 12.1. The van der Waals surface area contributed by atoms with E-state index in [1.54, 1.807) is 39.0 Å². The third-order valence-electron chi connectivity index (χ3n) is 4.99. The van der Waals surface area contributed by atoms with E-state index in [-0.39, 0.29) is 23.0 Å². The van der Waals surface area contributed by atoms with Crippen LogP contribution >= 0.6 is 0 Å². The van der Waals surface area contributed by atoms with E-state index in [1.807, 2.05) is 19.1 Å². The number of para-hydroxylation sites is 1. The van der Waals surface area contributed by atoms with Crippen LogP contribution in [0.15, 0.2) is 51.9 Å². The summed E-state index contributed by atoms with van der Waals surface area (Å²) < 4.78 is 43.1. The van der Waals surface area contributed by atoms with Crippen LogP contribution in [-0.2, 0) is 21.4 Å². The van der Waals surface area contributed by atoms with E-state index < -0.39 is 16.0 Å². The molecule has 0 aliphatic heterocycles. The first kappa shape index (κ1) is 24.4. The second-order valence-corrected chi connectivity index (χ2v) is 9.02. The number of aromatic nitrogens is 2. The number of carbonyl (C=O) groups is 1. The van der Waals surface area contributed by atoms with Crippen molar-refractivity contribution >= 4 is 16.0 Å². The lowest BCUT2D eigenvalue weighted by Crippen LogP contribution is -2.30. The molecule has 0 unspecified atom stereocenters. The Bertz CT molecular complexity index is 1220. The fraction of sp³-hybridized carbons (Fsp3) is 0.348. The van der Waals surface area contributed by atoms with Crippen molar-refractivity contribution in [2.24, 2.45) is 0 Å². The van der Waals surface area contributed by atoms with Crippen LogP contribution in [0.3, 0.4) is 0 Å². The standard InChI is InChI=1S/C23H27N3O6S/c1-5-26(6-2)33(28,29)17-13-12-16(4)19(14-17)23(27)31-15-21-24-22(25-32-21)18-10-8-9-11-20(18)30-7-3/h8-14H,5-7,15H2,1-4H3. The molecule has 0 radical (unpaired) electrons. The van der Waals surface area contributed by atoms with Crippen molar-refractivity contribution in [3.8, 4) is 17.1 Å². The first-order chi connectivity index (χ1) is 15.8. The SMILES string of the molecule is CCOc1ccccc1-c1noc(COC(=O)c2cc(S(=O)(=O)N(CC)CC)ccc2C)n1. The number of benzene rings is 2. The van der Waals surface area contributed by atoms with Gasteiger partial charge in [-0.2, -0.15) is 9.29 Å². The second-order valence-electron chi connectivity index (χ2n) is 7.08. The van der Waals surface area contributed by atoms with Crippen molar-refractivity contribution in [3.05, 3.63) is 59.5 Å². The molecule has 1 aromatic heterocycles. The van der Waals surface area contributed by atoms with E-state index >= 15 is 0 Å². The molecule has 10 heteroatoms. The zero-order valence-electron chi connectivity index (χ0n) is 19.1. The summed E-state index contributed by atoms with van der Waals surface area (Å²) in [5.74, 6) is 0.354. The smallest absolute Gasteiger partial charge is 0.338 e. The highest BCUT2D eigenvalue weighted by Gasteiger charge is 2.24. The molecule has 0 fully saturated rings. The Morgan fingerprint density at radius 3 is 2.52 bits per heavy atom. The van der Waals surface area contributed by atoms with Crippen molar-refractivity contribution in [1.82, 2.24) is 14.4 Å². The van der Waals surface area contributed by atoms with Gasteiger partial charge in [-0.3, -0.25) is 0 Å². The van der Waals surface area contributed by atoms with Crippen LogP contribution < -0.4 is 4.74 Å². The van der Waals surface area contributed by atoms with E-state index in [2.05, 4.69) is 10.1 Å². The highest BCUT2D eigenvalue weighted by Crippen LogP contribution is 2.27. The summed E-state index contributed by atoms with van der Waals surface area (Å²) in [5.41, 5.74) is 1.41. The van der Waals surface area contributed by atoms with Crippen molar-refractivity contribution in [2.75, 3.05) is 19.7 Å². The molecule has 0 N–H and O–H groups in total. The van der Waals surface area contributed by atoms with E-state index in [0.717, 1.165) is 0 Å². The first-order valence-electron chi connectivity index (χ1n) is 10.6. The van der Waals surface area contributed by atoms with Crippen molar-refractivity contribution in [3.63, 3.8) is 0 Å². The van der Waals surface area contributed by atoms with Crippen LogP contribution in [0.5, 0.6) is 5.75 Å². The van der Waals surface area contributed by atoms with Gasteiger partial charge in [0.15, 0.2) is 6.61 Å². The van der Waals surface area contributed by atoms with Gasteiger partial charge in [0.2, 0.25) is 15.8 Å². The van der Waals surface area contributed by atoms with Crippen LogP contribution in [0.2, 0.25) is 0 Å². The zero-order chi connectivity index (χ0) is 24.0. The summed E-state index contributed by atoms with van der Waals surface area (Å²) in [6, 6.07) is 11.7. The summed E-state index contributed by atoms with van der Waals surface area (Å²) in [6.45, 7) is 8.00. The Hall–Kier alpha value is -3.24. The fourth-order valence-corrected chi connectivity index (χ4v) is 4.74. The molecule has 3 aromatic rings. The lowest BCUT2D eigenvalue weighted by atomic mass is 10.1. The van der Waals surface area contributed by atoms with Gasteiger partial charge in [0.1, 0.15) is 5.75 Å². The quantitative estimate of drug-likeness (QED) is 0.408. The highest BCUT2D eigenvalue weighted by atomic mass is 32.2. The molecular formula is C23H27N3O6S. The Morgan fingerprint density at radius 2 is 1.82 bits per heavy atom. The largest absolute Gasteiger partial charge is 0.493 e. The zero-order valence-corrected chi connectivity index (χ0v) is 19.9. The summed E-state index contributed by atoms with van der Waals surface area (Å²) in [6.07, 6.45) is 0. The minimum Gasteiger partial charge on any atom is -0.493 e. The summed E-state index contributed by atoms with van der Waals surface area (Å²) in [7, 11) is -3.70. The van der Waals surface area contributed by atoms with E-state index in [4.69, 9.17) is 14.0 Å². The molecule has 1 heterocycles. The van der Waals surface area contributed by atoms with Gasteiger partial charge in [0.25, 0.3) is 5.89 Å². The lowest BCUT2D eigenvalue weighted by Gasteiger charge is -2.19. The maximum absolute atomic E-state index is 12.8. The topological polar surface area (TPSA) is 112 Å². The molecule has 0 aliphatic carbocycles. The minimum atomic E-state index is -3.70. The maximum Gasteiger partial charge on any atom is 0.338 e. The van der Waals surface area contributed by atoms with Gasteiger partial charge in [0, 0.05) is 13.1 Å². The van der Waals surface area contributed by atoms with Gasteiger partial charge in [-0.15, -0.1) is 0 Å². The van der Waals surface area contributed by atoms with Gasteiger partial charge < -0.3 is 14.0 Å². The third-order valence-corrected chi connectivity index (χ3v) is 7.04. The minimum absolute atomic E-state index is 0.0383. The molecule has 0 saturated heterocycles. The maximum atomic E-state index is 12.8. The van der Waals surface area contributed by atoms with E-state index in [9.17, 15) is 13.2 Å². The summed E-state index contributed by atoms with van der Waals surface area (Å²) >= 11 is 0. The Labute approximate surface area is 193 Å². The lowest BCUT2D eigenvalue weighted by molar-refractivity contribution is 0.0428. The van der Waals surface area contributed by atoms with Crippen molar-refractivity contribution < 1.29 is 27.2 Å². The predicted molar refractivity (Wildman–Crippen MR) is 121 cm³/mol. The molecule has 0 aliphatic rings. The molecule has 176 valence electrons. The number of hydrogen-bond acceptors (Lipinski definition) is 8. The molecule has 2 aromatic carbocycles. The number of carbonyl (C=O) groups excluding carboxylic acids is 1. The molecule has 9 nitrogen and oxygen atoms in total. The highest BCUT2D eigenvalue weighted by molar-refractivity contribution is 7.89. The molecule has 0 bridgehead atoms. The Balaban J connectivity index is 1.76. The van der Waals surface area contributed by atoms with Crippen LogP contribution in [0.4, 0.5) is 0 Å². The molecular weight excluding hydrogens is 446 g/mol. The van der Waals surface area contributed by atoms with Gasteiger partial charge >= 0.3 is 5.97 Å². The van der Waals surface area contributed by atoms with E-state index in [0.29, 0.717) is 42.4 Å². The number of aryl methyl sites for hydroxylation is 1. The van der Waals surface area contributed by atoms with Crippen LogP contribution in [0.25, 0.3) is 11.4 Å². The summed E-state index contributed by atoms with van der Waals surface area (Å²) in [4.78, 5) is 17.0. The number of esters is 1. The Morgan fingerprint density at radius 1 is 1.09 bits per heavy atom. The average Bonchev–Trinajstić information content (AvgIpc) is 3.28. The van der Waals surface area contributed by atoms with Crippen LogP contribution in [0, 0.1) is 6.92 Å². The summed E-state index contributed by atoms with van der Waals surface area (Å²) in [5, 5.41) is 3.94. The number of hydrogen-bond donors (Lipinski definition) is 0. The second kappa shape index (κ2) is 10.6. The van der Waals surface area contributed by atoms with Gasteiger partial charge in [-0.05, 0) is 43.7 Å². The van der Waals surface area contributed by atoms with Gasteiger partial charge in [0.05, 0.1) is 22.6 Å². The van der Waals surface area contributed by atoms with Crippen molar-refractivity contribution in [1.29, 1.82) is 0 Å². The molecule has 0 spiro atoms. The number of ether oxygens (including phenoxy) is 2. The fourth-order valence-electron chi connectivity index (χ4n) is 3.25.